The average Bonchev–Trinajstić information content (AvgIpc) is 2.81. The Bertz CT molecular complexity index is 811. The van der Waals surface area contributed by atoms with Gasteiger partial charge in [-0.15, -0.1) is 0 Å². The molecule has 4 nitrogen and oxygen atoms in total. The minimum atomic E-state index is -0.559. The molecule has 0 aliphatic heterocycles. The van der Waals surface area contributed by atoms with Gasteiger partial charge in [-0.1, -0.05) is 18.2 Å². The van der Waals surface area contributed by atoms with Crippen LogP contribution in [0.15, 0.2) is 48.5 Å². The summed E-state index contributed by atoms with van der Waals surface area (Å²) in [6.07, 6.45) is 0. The van der Waals surface area contributed by atoms with Crippen molar-refractivity contribution in [3.63, 3.8) is 0 Å². The van der Waals surface area contributed by atoms with Crippen LogP contribution in [0.2, 0.25) is 0 Å². The van der Waals surface area contributed by atoms with Crippen molar-refractivity contribution in [2.45, 2.75) is 0 Å². The Hall–Kier alpha value is -2.47. The third-order valence-electron chi connectivity index (χ3n) is 2.88. The summed E-state index contributed by atoms with van der Waals surface area (Å²) in [5.41, 5.74) is 1.05. The fourth-order valence-corrected chi connectivity index (χ4v) is 2.22. The lowest BCUT2D eigenvalue weighted by Crippen LogP contribution is -1.98. The number of benzene rings is 2. The fraction of sp³-hybridized carbons (Fsp3) is 0. The number of phenols is 1. The number of nitrogens with zero attached hydrogens (tertiary/aromatic N) is 2. The van der Waals surface area contributed by atoms with Gasteiger partial charge in [0.15, 0.2) is 10.6 Å². The molecule has 1 aromatic heterocycles. The van der Waals surface area contributed by atoms with Gasteiger partial charge in [0.05, 0.1) is 5.56 Å². The molecule has 0 atom stereocenters. The Morgan fingerprint density at radius 3 is 2.60 bits per heavy atom. The number of H-pyrrole nitrogens is 1. The van der Waals surface area contributed by atoms with Gasteiger partial charge >= 0.3 is 0 Å². The Morgan fingerprint density at radius 2 is 1.90 bits per heavy atom. The summed E-state index contributed by atoms with van der Waals surface area (Å²) < 4.78 is 16.0. The fourth-order valence-electron chi connectivity index (χ4n) is 1.98. The summed E-state index contributed by atoms with van der Waals surface area (Å²) in [4.78, 5) is 0. The van der Waals surface area contributed by atoms with Gasteiger partial charge in [-0.2, -0.15) is 5.10 Å². The molecule has 3 rings (SSSR count). The van der Waals surface area contributed by atoms with Gasteiger partial charge in [-0.25, -0.2) is 4.39 Å². The molecule has 0 aliphatic carbocycles. The molecule has 0 spiro atoms. The maximum atomic E-state index is 14.0. The molecule has 0 amide bonds. The van der Waals surface area contributed by atoms with Crippen LogP contribution in [0.1, 0.15) is 0 Å². The lowest BCUT2D eigenvalue weighted by atomic mass is 10.2. The number of aromatic hydroxyl groups is 1. The number of aromatic amines is 1. The van der Waals surface area contributed by atoms with Crippen molar-refractivity contribution in [1.29, 1.82) is 0 Å². The lowest BCUT2D eigenvalue weighted by molar-refractivity contribution is 0.469. The number of halogens is 1. The molecule has 100 valence electrons. The van der Waals surface area contributed by atoms with E-state index < -0.39 is 5.82 Å². The average molecular weight is 287 g/mol. The van der Waals surface area contributed by atoms with Gasteiger partial charge < -0.3 is 5.11 Å². The molecule has 0 saturated heterocycles. The molecule has 0 fully saturated rings. The Balaban J connectivity index is 2.24. The SMILES string of the molecule is Oc1ccc(-c2n[nH]c(=S)n2-c2ccccc2)c(F)c1. The van der Waals surface area contributed by atoms with E-state index in [0.29, 0.717) is 10.6 Å². The topological polar surface area (TPSA) is 53.8 Å². The van der Waals surface area contributed by atoms with E-state index in [1.54, 1.807) is 4.57 Å². The van der Waals surface area contributed by atoms with Gasteiger partial charge in [0.2, 0.25) is 0 Å². The van der Waals surface area contributed by atoms with E-state index in [2.05, 4.69) is 10.2 Å². The third-order valence-corrected chi connectivity index (χ3v) is 3.15. The Morgan fingerprint density at radius 1 is 1.15 bits per heavy atom. The van der Waals surface area contributed by atoms with Crippen molar-refractivity contribution in [1.82, 2.24) is 14.8 Å². The number of rotatable bonds is 2. The van der Waals surface area contributed by atoms with Crippen LogP contribution in [0.5, 0.6) is 5.75 Å². The van der Waals surface area contributed by atoms with E-state index in [-0.39, 0.29) is 11.3 Å². The van der Waals surface area contributed by atoms with E-state index in [4.69, 9.17) is 12.2 Å². The number of phenolic OH excluding ortho intramolecular Hbond substituents is 1. The molecule has 1 heterocycles. The second-order valence-corrected chi connectivity index (χ2v) is 4.57. The Labute approximate surface area is 119 Å². The van der Waals surface area contributed by atoms with Crippen molar-refractivity contribution < 1.29 is 9.50 Å². The number of para-hydroxylation sites is 1. The van der Waals surface area contributed by atoms with Crippen LogP contribution >= 0.6 is 12.2 Å². The summed E-state index contributed by atoms with van der Waals surface area (Å²) in [6, 6.07) is 13.2. The third kappa shape index (κ3) is 2.10. The molecule has 3 aromatic rings. The summed E-state index contributed by atoms with van der Waals surface area (Å²) in [5.74, 6) is -0.332. The molecule has 2 N–H and O–H groups in total. The van der Waals surface area contributed by atoms with Crippen LogP contribution in [0.25, 0.3) is 17.1 Å². The first-order valence-corrected chi connectivity index (χ1v) is 6.29. The summed E-state index contributed by atoms with van der Waals surface area (Å²) in [6.45, 7) is 0. The zero-order chi connectivity index (χ0) is 14.1. The summed E-state index contributed by atoms with van der Waals surface area (Å²) in [7, 11) is 0. The molecule has 2 aromatic carbocycles. The molecule has 0 saturated carbocycles. The maximum absolute atomic E-state index is 14.0. The minimum absolute atomic E-state index is 0.133. The van der Waals surface area contributed by atoms with Crippen molar-refractivity contribution in [2.75, 3.05) is 0 Å². The highest BCUT2D eigenvalue weighted by Crippen LogP contribution is 2.26. The predicted molar refractivity (Wildman–Crippen MR) is 75.8 cm³/mol. The lowest BCUT2D eigenvalue weighted by Gasteiger charge is -2.07. The normalized spacial score (nSPS) is 10.7. The van der Waals surface area contributed by atoms with Gasteiger partial charge in [-0.3, -0.25) is 9.67 Å². The molecular formula is C14H10FN3OS. The molecule has 6 heteroatoms. The smallest absolute Gasteiger partial charge is 0.200 e. The van der Waals surface area contributed by atoms with Crippen molar-refractivity contribution in [2.24, 2.45) is 0 Å². The monoisotopic (exact) mass is 287 g/mol. The summed E-state index contributed by atoms with van der Waals surface area (Å²) >= 11 is 5.20. The van der Waals surface area contributed by atoms with Crippen molar-refractivity contribution >= 4 is 12.2 Å². The van der Waals surface area contributed by atoms with E-state index in [0.717, 1.165) is 11.8 Å². The quantitative estimate of drug-likeness (QED) is 0.710. The highest BCUT2D eigenvalue weighted by molar-refractivity contribution is 7.71. The molecule has 0 radical (unpaired) electrons. The summed E-state index contributed by atoms with van der Waals surface area (Å²) in [5, 5.41) is 16.0. The zero-order valence-corrected chi connectivity index (χ0v) is 11.1. The largest absolute Gasteiger partial charge is 0.508 e. The van der Waals surface area contributed by atoms with E-state index in [1.165, 1.54) is 12.1 Å². The van der Waals surface area contributed by atoms with E-state index in [9.17, 15) is 9.50 Å². The van der Waals surface area contributed by atoms with E-state index >= 15 is 0 Å². The maximum Gasteiger partial charge on any atom is 0.200 e. The van der Waals surface area contributed by atoms with Crippen molar-refractivity contribution in [3.05, 3.63) is 59.1 Å². The number of aromatic nitrogens is 3. The Kier molecular flexibility index (Phi) is 3.08. The van der Waals surface area contributed by atoms with Crippen LogP contribution < -0.4 is 0 Å². The van der Waals surface area contributed by atoms with Crippen molar-refractivity contribution in [3.8, 4) is 22.8 Å². The molecule has 0 aliphatic rings. The van der Waals surface area contributed by atoms with Crippen LogP contribution in [-0.4, -0.2) is 19.9 Å². The molecular weight excluding hydrogens is 277 g/mol. The van der Waals surface area contributed by atoms with Crippen LogP contribution in [0, 0.1) is 10.6 Å². The number of hydrogen-bond donors (Lipinski definition) is 2. The standard InChI is InChI=1S/C14H10FN3OS/c15-12-8-10(19)6-7-11(12)13-16-17-14(20)18(13)9-4-2-1-3-5-9/h1-8,19H,(H,17,20). The first-order valence-electron chi connectivity index (χ1n) is 5.88. The second-order valence-electron chi connectivity index (χ2n) is 4.19. The van der Waals surface area contributed by atoms with E-state index in [1.807, 2.05) is 30.3 Å². The molecule has 0 unspecified atom stereocenters. The first-order chi connectivity index (χ1) is 9.66. The number of nitrogens with one attached hydrogen (secondary N) is 1. The van der Waals surface area contributed by atoms with Gasteiger partial charge in [0.25, 0.3) is 0 Å². The molecule has 0 bridgehead atoms. The molecule has 20 heavy (non-hydrogen) atoms. The highest BCUT2D eigenvalue weighted by Gasteiger charge is 2.14. The van der Waals surface area contributed by atoms with Gasteiger partial charge in [0, 0.05) is 11.8 Å². The minimum Gasteiger partial charge on any atom is -0.508 e. The highest BCUT2D eigenvalue weighted by atomic mass is 32.1. The van der Waals surface area contributed by atoms with Crippen LogP contribution in [-0.2, 0) is 0 Å². The van der Waals surface area contributed by atoms with Crippen LogP contribution in [0.3, 0.4) is 0 Å². The predicted octanol–water partition coefficient (Wildman–Crippen LogP) is 3.44. The van der Waals surface area contributed by atoms with Gasteiger partial charge in [-0.05, 0) is 36.5 Å². The van der Waals surface area contributed by atoms with Crippen LogP contribution in [0.4, 0.5) is 4.39 Å². The zero-order valence-electron chi connectivity index (χ0n) is 10.2. The second kappa shape index (κ2) is 4.90. The first kappa shape index (κ1) is 12.6. The number of hydrogen-bond acceptors (Lipinski definition) is 3. The van der Waals surface area contributed by atoms with Gasteiger partial charge in [0.1, 0.15) is 11.6 Å².